The van der Waals surface area contributed by atoms with Crippen molar-refractivity contribution in [2.45, 2.75) is 11.6 Å². The van der Waals surface area contributed by atoms with E-state index in [0.29, 0.717) is 0 Å². The maximum atomic E-state index is 4.17. The summed E-state index contributed by atoms with van der Waals surface area (Å²) in [6.07, 6.45) is 5.79. The Kier molecular flexibility index (Phi) is 3.52. The van der Waals surface area contributed by atoms with Gasteiger partial charge in [0.1, 0.15) is 0 Å². The second-order valence-electron chi connectivity index (χ2n) is 5.30. The lowest BCUT2D eigenvalue weighted by Gasteiger charge is -2.31. The number of hydrogen-bond acceptors (Lipinski definition) is 1. The summed E-state index contributed by atoms with van der Waals surface area (Å²) >= 11 is 0. The zero-order valence-corrected chi connectivity index (χ0v) is 13.6. The fourth-order valence-electron chi connectivity index (χ4n) is 2.71. The molecule has 100 valence electrons. The number of rotatable bonds is 4. The van der Waals surface area contributed by atoms with Crippen LogP contribution >= 0.6 is 0 Å². The number of benzene rings is 2. The van der Waals surface area contributed by atoms with Gasteiger partial charge in [0.25, 0.3) is 0 Å². The summed E-state index contributed by atoms with van der Waals surface area (Å²) in [6.45, 7) is 0.938. The second-order valence-corrected chi connectivity index (χ2v) is 7.01. The third-order valence-corrected chi connectivity index (χ3v) is 5.35. The van der Waals surface area contributed by atoms with Gasteiger partial charge in [0.15, 0.2) is 0 Å². The molecule has 3 heteroatoms. The molecule has 0 aliphatic heterocycles. The van der Waals surface area contributed by atoms with Gasteiger partial charge in [-0.3, -0.25) is 0 Å². The van der Waals surface area contributed by atoms with Crippen LogP contribution in [-0.2, 0) is 11.6 Å². The summed E-state index contributed by atoms with van der Waals surface area (Å²) in [5, 5.41) is 0.0726. The van der Waals surface area contributed by atoms with Crippen molar-refractivity contribution in [1.82, 2.24) is 9.55 Å². The first-order valence-electron chi connectivity index (χ1n) is 6.86. The average molecular weight is 278 g/mol. The van der Waals surface area contributed by atoms with Crippen molar-refractivity contribution in [1.29, 1.82) is 0 Å². The molecule has 2 nitrogen and oxygen atoms in total. The van der Waals surface area contributed by atoms with Gasteiger partial charge in [-0.05, 0) is 11.1 Å². The van der Waals surface area contributed by atoms with E-state index in [1.165, 1.54) is 11.1 Å². The molecule has 0 atom stereocenters. The summed E-state index contributed by atoms with van der Waals surface area (Å²) in [4.78, 5) is 4.17. The van der Waals surface area contributed by atoms with Crippen molar-refractivity contribution >= 4 is 10.2 Å². The highest BCUT2D eigenvalue weighted by Crippen LogP contribution is 2.30. The zero-order valence-electron chi connectivity index (χ0n) is 11.6. The Morgan fingerprint density at radius 1 is 0.900 bits per heavy atom. The average Bonchev–Trinajstić information content (AvgIpc) is 3.02. The van der Waals surface area contributed by atoms with Crippen molar-refractivity contribution in [2.24, 2.45) is 0 Å². The third-order valence-electron chi connectivity index (χ3n) is 3.88. The van der Waals surface area contributed by atoms with Gasteiger partial charge >= 0.3 is 0 Å². The summed E-state index contributed by atoms with van der Waals surface area (Å²) in [5.74, 6) is 0. The molecule has 0 N–H and O–H groups in total. The molecule has 0 saturated carbocycles. The van der Waals surface area contributed by atoms with Gasteiger partial charge in [0.2, 0.25) is 0 Å². The van der Waals surface area contributed by atoms with Gasteiger partial charge < -0.3 is 4.57 Å². The molecule has 0 saturated heterocycles. The standard InChI is InChI=1S/C17H18N2Si/c20-17(13-19-12-11-18-14-19,15-7-3-1-4-8-15)16-9-5-2-6-10-16/h1-12,14H,13H2,20H3. The molecular formula is C17H18N2Si. The van der Waals surface area contributed by atoms with Gasteiger partial charge in [-0.25, -0.2) is 4.98 Å². The Morgan fingerprint density at radius 2 is 1.45 bits per heavy atom. The van der Waals surface area contributed by atoms with Crippen LogP contribution in [0.25, 0.3) is 0 Å². The summed E-state index contributed by atoms with van der Waals surface area (Å²) < 4.78 is 2.17. The van der Waals surface area contributed by atoms with Crippen LogP contribution in [0.1, 0.15) is 11.1 Å². The number of hydrogen-bond donors (Lipinski definition) is 0. The van der Waals surface area contributed by atoms with E-state index in [1.54, 1.807) is 0 Å². The van der Waals surface area contributed by atoms with Crippen molar-refractivity contribution in [3.63, 3.8) is 0 Å². The molecule has 1 aromatic heterocycles. The van der Waals surface area contributed by atoms with Gasteiger partial charge in [-0.15, -0.1) is 0 Å². The lowest BCUT2D eigenvalue weighted by molar-refractivity contribution is 0.570. The Labute approximate surface area is 122 Å². The second kappa shape index (κ2) is 5.47. The molecule has 0 bridgehead atoms. The van der Waals surface area contributed by atoms with Crippen LogP contribution in [0.5, 0.6) is 0 Å². The van der Waals surface area contributed by atoms with Crippen molar-refractivity contribution in [3.05, 3.63) is 90.5 Å². The first-order valence-corrected chi connectivity index (χ1v) is 7.86. The molecule has 0 unspecified atom stereocenters. The monoisotopic (exact) mass is 278 g/mol. The Morgan fingerprint density at radius 3 is 1.90 bits per heavy atom. The lowest BCUT2D eigenvalue weighted by Crippen LogP contribution is -2.33. The molecular weight excluding hydrogens is 260 g/mol. The van der Waals surface area contributed by atoms with Crippen LogP contribution in [0.15, 0.2) is 79.4 Å². The maximum absolute atomic E-state index is 4.17. The lowest BCUT2D eigenvalue weighted by atomic mass is 9.89. The fourth-order valence-corrected chi connectivity index (χ4v) is 3.74. The molecule has 0 aliphatic carbocycles. The minimum Gasteiger partial charge on any atom is -0.337 e. The van der Waals surface area contributed by atoms with Gasteiger partial charge in [0.05, 0.1) is 6.33 Å². The topological polar surface area (TPSA) is 17.8 Å². The highest BCUT2D eigenvalue weighted by molar-refractivity contribution is 6.18. The van der Waals surface area contributed by atoms with Crippen LogP contribution in [-0.4, -0.2) is 19.8 Å². The largest absolute Gasteiger partial charge is 0.337 e. The molecule has 0 spiro atoms. The van der Waals surface area contributed by atoms with Crippen LogP contribution in [0.4, 0.5) is 0 Å². The van der Waals surface area contributed by atoms with Crippen molar-refractivity contribution in [3.8, 4) is 0 Å². The Hall–Kier alpha value is -2.13. The van der Waals surface area contributed by atoms with E-state index in [4.69, 9.17) is 0 Å². The molecule has 2 aromatic carbocycles. The van der Waals surface area contributed by atoms with E-state index in [9.17, 15) is 0 Å². The predicted molar refractivity (Wildman–Crippen MR) is 85.8 cm³/mol. The van der Waals surface area contributed by atoms with Gasteiger partial charge in [0, 0.05) is 34.2 Å². The summed E-state index contributed by atoms with van der Waals surface area (Å²) in [6, 6.07) is 21.6. The van der Waals surface area contributed by atoms with E-state index in [-0.39, 0.29) is 5.04 Å². The first kappa shape index (κ1) is 12.9. The van der Waals surface area contributed by atoms with Crippen LogP contribution in [0.3, 0.4) is 0 Å². The molecule has 3 aromatic rings. The quantitative estimate of drug-likeness (QED) is 0.669. The molecule has 1 heterocycles. The Balaban J connectivity index is 2.08. The third kappa shape index (κ3) is 2.45. The predicted octanol–water partition coefficient (Wildman–Crippen LogP) is 2.19. The van der Waals surface area contributed by atoms with E-state index in [0.717, 1.165) is 16.8 Å². The van der Waals surface area contributed by atoms with Gasteiger partial charge in [-0.2, -0.15) is 0 Å². The molecule has 0 aliphatic rings. The minimum absolute atomic E-state index is 0.0726. The molecule has 0 amide bonds. The van der Waals surface area contributed by atoms with Crippen LogP contribution in [0, 0.1) is 0 Å². The molecule has 20 heavy (non-hydrogen) atoms. The van der Waals surface area contributed by atoms with Crippen molar-refractivity contribution < 1.29 is 0 Å². The SMILES string of the molecule is [SiH3]C(Cn1ccnc1)(c1ccccc1)c1ccccc1. The van der Waals surface area contributed by atoms with Crippen LogP contribution < -0.4 is 0 Å². The van der Waals surface area contributed by atoms with Crippen molar-refractivity contribution in [2.75, 3.05) is 0 Å². The van der Waals surface area contributed by atoms with Crippen LogP contribution in [0.2, 0.25) is 0 Å². The molecule has 0 radical (unpaired) electrons. The maximum Gasteiger partial charge on any atom is 0.0946 e. The van der Waals surface area contributed by atoms with E-state index in [2.05, 4.69) is 70.2 Å². The normalized spacial score (nSPS) is 11.6. The summed E-state index contributed by atoms with van der Waals surface area (Å²) in [5.41, 5.74) is 2.76. The number of aromatic nitrogens is 2. The Bertz CT molecular complexity index is 608. The van der Waals surface area contributed by atoms with E-state index < -0.39 is 0 Å². The zero-order chi connectivity index (χ0) is 13.8. The minimum atomic E-state index is 0.0726. The van der Waals surface area contributed by atoms with E-state index in [1.807, 2.05) is 18.7 Å². The summed E-state index contributed by atoms with van der Waals surface area (Å²) in [7, 11) is 1.04. The number of imidazole rings is 1. The fraction of sp³-hybridized carbons (Fsp3) is 0.118. The molecule has 3 rings (SSSR count). The highest BCUT2D eigenvalue weighted by atomic mass is 28.1. The van der Waals surface area contributed by atoms with Gasteiger partial charge in [-0.1, -0.05) is 60.7 Å². The first-order chi connectivity index (χ1) is 9.79. The smallest absolute Gasteiger partial charge is 0.0946 e. The van der Waals surface area contributed by atoms with E-state index >= 15 is 0 Å². The molecule has 0 fully saturated rings. The highest BCUT2D eigenvalue weighted by Gasteiger charge is 2.28. The number of nitrogens with zero attached hydrogens (tertiary/aromatic N) is 2.